The molecule has 11 heavy (non-hydrogen) atoms. The average molecular weight is 340 g/mol. The monoisotopic (exact) mass is 340 g/mol. The van der Waals surface area contributed by atoms with Gasteiger partial charge >= 0.3 is 0 Å². The van der Waals surface area contributed by atoms with Crippen molar-refractivity contribution in [3.8, 4) is 5.75 Å². The minimum Gasteiger partial charge on any atom is -0.507 e. The van der Waals surface area contributed by atoms with Crippen LogP contribution in [0.15, 0.2) is 12.3 Å². The van der Waals surface area contributed by atoms with Crippen LogP contribution in [0.5, 0.6) is 5.75 Å². The quantitative estimate of drug-likeness (QED) is 0.555. The topological polar surface area (TPSA) is 59.1 Å². The molecule has 0 saturated heterocycles. The third-order valence-electron chi connectivity index (χ3n) is 0.896. The van der Waals surface area contributed by atoms with Gasteiger partial charge < -0.3 is 18.3 Å². The zero-order valence-corrected chi connectivity index (χ0v) is 11.1. The Balaban J connectivity index is 0. The zero-order chi connectivity index (χ0) is 6.85. The van der Waals surface area contributed by atoms with Gasteiger partial charge in [0.15, 0.2) is 0 Å². The van der Waals surface area contributed by atoms with Crippen molar-refractivity contribution in [1.29, 1.82) is 0 Å². The second kappa shape index (κ2) is 6.14. The molecule has 0 saturated carbocycles. The van der Waals surface area contributed by atoms with E-state index in [0.29, 0.717) is 9.39 Å². The molecular weight excluding hydrogens is 332 g/mol. The van der Waals surface area contributed by atoms with Gasteiger partial charge in [0.1, 0.15) is 11.6 Å². The smallest absolute Gasteiger partial charge is 0.140 e. The largest absolute Gasteiger partial charge is 0.507 e. The van der Waals surface area contributed by atoms with E-state index in [0.717, 1.165) is 0 Å². The van der Waals surface area contributed by atoms with Gasteiger partial charge in [0.25, 0.3) is 0 Å². The first-order valence-corrected chi connectivity index (χ1v) is 3.38. The maximum absolute atomic E-state index is 8.97. The van der Waals surface area contributed by atoms with Crippen molar-refractivity contribution in [1.82, 2.24) is 4.98 Å². The van der Waals surface area contributed by atoms with Crippen LogP contribution in [0.1, 0.15) is 0 Å². The maximum atomic E-state index is 8.97. The molecule has 59 valence electrons. The van der Waals surface area contributed by atoms with Gasteiger partial charge in [0.2, 0.25) is 0 Å². The summed E-state index contributed by atoms with van der Waals surface area (Å²) in [6.45, 7) is 0. The second-order valence-corrected chi connectivity index (χ2v) is 2.61. The standard InChI is InChI=1S/C5H5IN2O.CH3.Y/c6-4-3(9)1-2-8-5(4)7;;/h1-2H,(H3,7,8,9);1H3;/q;-1;. The molecule has 3 N–H and O–H groups in total. The Kier molecular flexibility index (Phi) is 7.88. The number of hydrogen-bond donors (Lipinski definition) is 2. The SMILES string of the molecule is Nc1nccc(O)c1I.[CH3-].[Y]. The summed E-state index contributed by atoms with van der Waals surface area (Å²) in [6.07, 6.45) is 1.47. The number of nitrogens with zero attached hydrogens (tertiary/aromatic N) is 1. The van der Waals surface area contributed by atoms with Crippen LogP contribution in [-0.2, 0) is 32.7 Å². The summed E-state index contributed by atoms with van der Waals surface area (Å²) < 4.78 is 0.607. The van der Waals surface area contributed by atoms with Gasteiger partial charge in [-0.25, -0.2) is 4.98 Å². The van der Waals surface area contributed by atoms with E-state index >= 15 is 0 Å². The summed E-state index contributed by atoms with van der Waals surface area (Å²) in [4.78, 5) is 3.75. The Bertz CT molecular complexity index is 212. The van der Waals surface area contributed by atoms with Gasteiger partial charge in [0, 0.05) is 38.9 Å². The summed E-state index contributed by atoms with van der Waals surface area (Å²) in [7, 11) is 0. The molecule has 0 atom stereocenters. The van der Waals surface area contributed by atoms with Crippen molar-refractivity contribution in [2.75, 3.05) is 5.73 Å². The molecule has 0 amide bonds. The molecule has 1 heterocycles. The van der Waals surface area contributed by atoms with Crippen LogP contribution in [0, 0.1) is 11.0 Å². The molecular formula is C6H8IN2OY-. The van der Waals surface area contributed by atoms with Crippen molar-refractivity contribution in [3.63, 3.8) is 0 Å². The van der Waals surface area contributed by atoms with Crippen molar-refractivity contribution >= 4 is 28.4 Å². The maximum Gasteiger partial charge on any atom is 0.140 e. The minimum atomic E-state index is 0. The van der Waals surface area contributed by atoms with Crippen molar-refractivity contribution in [2.24, 2.45) is 0 Å². The van der Waals surface area contributed by atoms with Crippen LogP contribution in [0.2, 0.25) is 0 Å². The van der Waals surface area contributed by atoms with Gasteiger partial charge in [-0.1, -0.05) is 0 Å². The molecule has 0 fully saturated rings. The number of nitrogens with two attached hydrogens (primary N) is 1. The molecule has 0 spiro atoms. The van der Waals surface area contributed by atoms with Crippen LogP contribution in [0.4, 0.5) is 5.82 Å². The molecule has 5 heteroatoms. The molecule has 0 aliphatic rings. The molecule has 0 bridgehead atoms. The Morgan fingerprint density at radius 3 is 2.45 bits per heavy atom. The first kappa shape index (κ1) is 14.1. The normalized spacial score (nSPS) is 7.73. The molecule has 0 unspecified atom stereocenters. The van der Waals surface area contributed by atoms with E-state index in [2.05, 4.69) is 4.98 Å². The van der Waals surface area contributed by atoms with Crippen molar-refractivity contribution < 1.29 is 37.8 Å². The summed E-state index contributed by atoms with van der Waals surface area (Å²) in [6, 6.07) is 1.50. The number of rotatable bonds is 0. The Morgan fingerprint density at radius 2 is 2.09 bits per heavy atom. The van der Waals surface area contributed by atoms with Gasteiger partial charge in [-0.05, 0) is 28.7 Å². The van der Waals surface area contributed by atoms with Gasteiger partial charge in [-0.2, -0.15) is 0 Å². The number of aromatic hydroxyl groups is 1. The number of nitrogen functional groups attached to an aromatic ring is 1. The Morgan fingerprint density at radius 1 is 1.55 bits per heavy atom. The van der Waals surface area contributed by atoms with Crippen molar-refractivity contribution in [3.05, 3.63) is 23.3 Å². The second-order valence-electron chi connectivity index (χ2n) is 1.53. The van der Waals surface area contributed by atoms with E-state index in [9.17, 15) is 0 Å². The van der Waals surface area contributed by atoms with Crippen LogP contribution in [0.25, 0.3) is 0 Å². The Hall–Kier alpha value is 0.584. The van der Waals surface area contributed by atoms with E-state index in [-0.39, 0.29) is 45.9 Å². The van der Waals surface area contributed by atoms with Crippen LogP contribution in [-0.4, -0.2) is 10.1 Å². The van der Waals surface area contributed by atoms with E-state index in [1.165, 1.54) is 12.3 Å². The third kappa shape index (κ3) is 3.67. The fourth-order valence-corrected chi connectivity index (χ4v) is 0.768. The summed E-state index contributed by atoms with van der Waals surface area (Å²) in [5, 5.41) is 8.97. The minimum absolute atomic E-state index is 0. The van der Waals surface area contributed by atoms with Gasteiger partial charge in [-0.15, -0.1) is 0 Å². The first-order chi connectivity index (χ1) is 4.22. The van der Waals surface area contributed by atoms with Crippen LogP contribution in [0.3, 0.4) is 0 Å². The van der Waals surface area contributed by atoms with E-state index in [1.54, 1.807) is 0 Å². The summed E-state index contributed by atoms with van der Waals surface area (Å²) in [5.74, 6) is 0.554. The van der Waals surface area contributed by atoms with Gasteiger partial charge in [0.05, 0.1) is 3.57 Å². The average Bonchev–Trinajstić information content (AvgIpc) is 1.83. The third-order valence-corrected chi connectivity index (χ3v) is 2.00. The summed E-state index contributed by atoms with van der Waals surface area (Å²) in [5.41, 5.74) is 5.34. The van der Waals surface area contributed by atoms with Gasteiger partial charge in [-0.3, -0.25) is 0 Å². The summed E-state index contributed by atoms with van der Waals surface area (Å²) >= 11 is 1.93. The fraction of sp³-hybridized carbons (Fsp3) is 0. The number of anilines is 1. The number of pyridine rings is 1. The van der Waals surface area contributed by atoms with E-state index in [4.69, 9.17) is 10.8 Å². The molecule has 1 radical (unpaired) electrons. The predicted molar refractivity (Wildman–Crippen MR) is 49.4 cm³/mol. The molecule has 3 nitrogen and oxygen atoms in total. The first-order valence-electron chi connectivity index (χ1n) is 2.31. The van der Waals surface area contributed by atoms with Crippen LogP contribution >= 0.6 is 22.6 Å². The number of hydrogen-bond acceptors (Lipinski definition) is 3. The molecule has 0 aliphatic carbocycles. The van der Waals surface area contributed by atoms with Crippen LogP contribution < -0.4 is 5.73 Å². The zero-order valence-electron chi connectivity index (χ0n) is 6.08. The Labute approximate surface area is 105 Å². The van der Waals surface area contributed by atoms with E-state index in [1.807, 2.05) is 22.6 Å². The molecule has 0 aromatic carbocycles. The fourth-order valence-electron chi connectivity index (χ4n) is 0.449. The molecule has 1 rings (SSSR count). The molecule has 0 aliphatic heterocycles. The van der Waals surface area contributed by atoms with Crippen molar-refractivity contribution in [2.45, 2.75) is 0 Å². The molecule has 1 aromatic heterocycles. The number of aromatic nitrogens is 1. The molecule has 1 aromatic rings. The predicted octanol–water partition coefficient (Wildman–Crippen LogP) is 1.42. The van der Waals surface area contributed by atoms with E-state index < -0.39 is 0 Å². The number of halogens is 1.